The van der Waals surface area contributed by atoms with Crippen molar-refractivity contribution in [1.29, 1.82) is 0 Å². The molecule has 0 saturated carbocycles. The van der Waals surface area contributed by atoms with Crippen molar-refractivity contribution in [2.75, 3.05) is 11.9 Å². The van der Waals surface area contributed by atoms with Gasteiger partial charge in [0.25, 0.3) is 0 Å². The van der Waals surface area contributed by atoms with Crippen LogP contribution in [0.3, 0.4) is 0 Å². The molecule has 0 radical (unpaired) electrons. The minimum atomic E-state index is -0.571. The van der Waals surface area contributed by atoms with Gasteiger partial charge in [0.15, 0.2) is 10.9 Å². The lowest BCUT2D eigenvalue weighted by molar-refractivity contribution is 0.553. The number of rotatable bonds is 4. The number of thiocarbonyl (C=S) groups is 1. The summed E-state index contributed by atoms with van der Waals surface area (Å²) in [6.07, 6.45) is 1.74. The molecule has 1 aromatic carbocycles. The van der Waals surface area contributed by atoms with E-state index in [9.17, 15) is 8.78 Å². The van der Waals surface area contributed by atoms with E-state index in [0.29, 0.717) is 10.8 Å². The van der Waals surface area contributed by atoms with Gasteiger partial charge in [0.1, 0.15) is 11.6 Å². The van der Waals surface area contributed by atoms with Crippen molar-refractivity contribution in [1.82, 2.24) is 10.3 Å². The predicted molar refractivity (Wildman–Crippen MR) is 91.2 cm³/mol. The summed E-state index contributed by atoms with van der Waals surface area (Å²) in [7, 11) is 0. The van der Waals surface area contributed by atoms with Gasteiger partial charge in [-0.25, -0.2) is 13.8 Å². The third-order valence-corrected chi connectivity index (χ3v) is 3.73. The van der Waals surface area contributed by atoms with Crippen LogP contribution in [0.2, 0.25) is 5.02 Å². The highest BCUT2D eigenvalue weighted by molar-refractivity contribution is 9.10. The molecule has 2 aromatic rings. The van der Waals surface area contributed by atoms with E-state index in [0.717, 1.165) is 4.47 Å². The molecular weight excluding hydrogens is 396 g/mol. The maximum Gasteiger partial charge on any atom is 0.171 e. The van der Waals surface area contributed by atoms with Crippen molar-refractivity contribution in [3.63, 3.8) is 0 Å². The van der Waals surface area contributed by atoms with Crippen LogP contribution in [0.4, 0.5) is 14.6 Å². The first kappa shape index (κ1) is 17.1. The number of aromatic nitrogens is 1. The molecule has 3 nitrogen and oxygen atoms in total. The van der Waals surface area contributed by atoms with Crippen molar-refractivity contribution in [3.05, 3.63) is 57.2 Å². The third kappa shape index (κ3) is 4.59. The van der Waals surface area contributed by atoms with E-state index in [1.54, 1.807) is 12.3 Å². The van der Waals surface area contributed by atoms with Crippen LogP contribution in [0.25, 0.3) is 0 Å². The molecular formula is C14H11BrClF2N3S. The fourth-order valence-electron chi connectivity index (χ4n) is 1.73. The molecule has 0 saturated heterocycles. The van der Waals surface area contributed by atoms with Gasteiger partial charge in [-0.3, -0.25) is 0 Å². The van der Waals surface area contributed by atoms with Crippen LogP contribution in [0.5, 0.6) is 0 Å². The topological polar surface area (TPSA) is 37.0 Å². The third-order valence-electron chi connectivity index (χ3n) is 2.76. The van der Waals surface area contributed by atoms with Gasteiger partial charge in [-0.1, -0.05) is 17.7 Å². The number of nitrogens with one attached hydrogen (secondary N) is 2. The van der Waals surface area contributed by atoms with Crippen LogP contribution in [0.1, 0.15) is 5.56 Å². The first-order chi connectivity index (χ1) is 10.5. The van der Waals surface area contributed by atoms with Crippen LogP contribution >= 0.6 is 39.7 Å². The molecule has 2 N–H and O–H groups in total. The molecule has 8 heteroatoms. The summed E-state index contributed by atoms with van der Waals surface area (Å²) in [5.41, 5.74) is 0.0256. The number of hydrogen-bond acceptors (Lipinski definition) is 2. The fourth-order valence-corrected chi connectivity index (χ4v) is 2.61. The Balaban J connectivity index is 1.88. The first-order valence-electron chi connectivity index (χ1n) is 6.26. The minimum Gasteiger partial charge on any atom is -0.362 e. The van der Waals surface area contributed by atoms with E-state index in [1.807, 2.05) is 0 Å². The maximum atomic E-state index is 13.5. The van der Waals surface area contributed by atoms with Crippen LogP contribution in [-0.4, -0.2) is 16.6 Å². The van der Waals surface area contributed by atoms with Gasteiger partial charge in [-0.05, 0) is 52.8 Å². The SMILES string of the molecule is Fc1cccc(F)c1CCNC(=S)Nc1ncc(Br)cc1Cl. The Labute approximate surface area is 145 Å². The summed E-state index contributed by atoms with van der Waals surface area (Å²) in [4.78, 5) is 4.07. The van der Waals surface area contributed by atoms with Gasteiger partial charge in [0.05, 0.1) is 5.02 Å². The monoisotopic (exact) mass is 405 g/mol. The van der Waals surface area contributed by atoms with E-state index >= 15 is 0 Å². The zero-order valence-corrected chi connectivity index (χ0v) is 14.3. The molecule has 0 amide bonds. The van der Waals surface area contributed by atoms with Crippen LogP contribution in [0.15, 0.2) is 34.9 Å². The standard InChI is InChI=1S/C14H11BrClF2N3S/c15-8-6-10(16)13(20-7-8)21-14(22)19-5-4-9-11(17)2-1-3-12(9)18/h1-3,6-7H,4-5H2,(H2,19,20,21,22). The number of anilines is 1. The number of halogens is 4. The second-order valence-electron chi connectivity index (χ2n) is 4.32. The van der Waals surface area contributed by atoms with E-state index in [-0.39, 0.29) is 23.6 Å². The highest BCUT2D eigenvalue weighted by Gasteiger charge is 2.09. The van der Waals surface area contributed by atoms with Gasteiger partial charge in [-0.15, -0.1) is 0 Å². The molecule has 116 valence electrons. The Hall–Kier alpha value is -1.31. The second kappa shape index (κ2) is 7.80. The number of hydrogen-bond donors (Lipinski definition) is 2. The molecule has 0 unspecified atom stereocenters. The lowest BCUT2D eigenvalue weighted by Gasteiger charge is -2.11. The average Bonchev–Trinajstić information content (AvgIpc) is 2.45. The van der Waals surface area contributed by atoms with Gasteiger partial charge in [0.2, 0.25) is 0 Å². The Kier molecular flexibility index (Phi) is 6.05. The van der Waals surface area contributed by atoms with Gasteiger partial charge >= 0.3 is 0 Å². The molecule has 0 fully saturated rings. The quantitative estimate of drug-likeness (QED) is 0.742. The number of pyridine rings is 1. The van der Waals surface area contributed by atoms with Crippen LogP contribution in [0, 0.1) is 11.6 Å². The number of nitrogens with zero attached hydrogens (tertiary/aromatic N) is 1. The lowest BCUT2D eigenvalue weighted by Crippen LogP contribution is -2.30. The van der Waals surface area contributed by atoms with Gasteiger partial charge in [0, 0.05) is 22.8 Å². The summed E-state index contributed by atoms with van der Waals surface area (Å²) in [5.74, 6) is -0.740. The van der Waals surface area contributed by atoms with Crippen molar-refractivity contribution in [3.8, 4) is 0 Å². The Morgan fingerprint density at radius 3 is 2.64 bits per heavy atom. The maximum absolute atomic E-state index is 13.5. The van der Waals surface area contributed by atoms with Gasteiger partial charge < -0.3 is 10.6 Å². The average molecular weight is 407 g/mol. The highest BCUT2D eigenvalue weighted by Crippen LogP contribution is 2.22. The van der Waals surface area contributed by atoms with Gasteiger partial charge in [-0.2, -0.15) is 0 Å². The zero-order valence-electron chi connectivity index (χ0n) is 11.2. The van der Waals surface area contributed by atoms with Crippen molar-refractivity contribution in [2.45, 2.75) is 6.42 Å². The first-order valence-corrected chi connectivity index (χ1v) is 7.84. The molecule has 0 bridgehead atoms. The highest BCUT2D eigenvalue weighted by atomic mass is 79.9. The molecule has 0 aliphatic carbocycles. The summed E-state index contributed by atoms with van der Waals surface area (Å²) in [5, 5.41) is 6.35. The molecule has 1 heterocycles. The minimum absolute atomic E-state index is 0.0256. The normalized spacial score (nSPS) is 10.4. The van der Waals surface area contributed by atoms with Crippen molar-refractivity contribution in [2.24, 2.45) is 0 Å². The Morgan fingerprint density at radius 1 is 1.32 bits per heavy atom. The van der Waals surface area contributed by atoms with E-state index in [2.05, 4.69) is 31.5 Å². The summed E-state index contributed by atoms with van der Waals surface area (Å²) in [6.45, 7) is 0.276. The summed E-state index contributed by atoms with van der Waals surface area (Å²) in [6, 6.07) is 5.45. The Bertz CT molecular complexity index is 680. The molecule has 22 heavy (non-hydrogen) atoms. The van der Waals surface area contributed by atoms with Crippen molar-refractivity contribution >= 4 is 50.7 Å². The number of benzene rings is 1. The summed E-state index contributed by atoms with van der Waals surface area (Å²) >= 11 is 14.3. The predicted octanol–water partition coefficient (Wildman–Crippen LogP) is 4.30. The largest absolute Gasteiger partial charge is 0.362 e. The zero-order chi connectivity index (χ0) is 16.1. The lowest BCUT2D eigenvalue weighted by atomic mass is 10.1. The summed E-state index contributed by atoms with van der Waals surface area (Å²) < 4.78 is 27.7. The van der Waals surface area contributed by atoms with E-state index < -0.39 is 11.6 Å². The fraction of sp³-hybridized carbons (Fsp3) is 0.143. The van der Waals surface area contributed by atoms with Crippen molar-refractivity contribution < 1.29 is 8.78 Å². The Morgan fingerprint density at radius 2 is 2.00 bits per heavy atom. The molecule has 0 aliphatic rings. The molecule has 0 atom stereocenters. The van der Waals surface area contributed by atoms with Crippen LogP contribution in [-0.2, 0) is 6.42 Å². The molecule has 0 spiro atoms. The second-order valence-corrected chi connectivity index (χ2v) is 6.05. The molecule has 1 aromatic heterocycles. The molecule has 0 aliphatic heterocycles. The van der Waals surface area contributed by atoms with E-state index in [4.69, 9.17) is 23.8 Å². The smallest absolute Gasteiger partial charge is 0.171 e. The molecule has 2 rings (SSSR count). The van der Waals surface area contributed by atoms with Crippen LogP contribution < -0.4 is 10.6 Å². The van der Waals surface area contributed by atoms with E-state index in [1.165, 1.54) is 18.2 Å².